The van der Waals surface area contributed by atoms with Gasteiger partial charge < -0.3 is 4.98 Å². The molecule has 0 atom stereocenters. The predicted molar refractivity (Wildman–Crippen MR) is 86.2 cm³/mol. The SMILES string of the molecule is CC1(C)Cc2[nH]ncc2CN(Cc2nc3cc(F)c(F)cc3[nH]2)C1. The summed E-state index contributed by atoms with van der Waals surface area (Å²) in [6.45, 7) is 6.70. The van der Waals surface area contributed by atoms with Gasteiger partial charge in [-0.15, -0.1) is 0 Å². The molecule has 5 nitrogen and oxygen atoms in total. The van der Waals surface area contributed by atoms with Gasteiger partial charge in [-0.3, -0.25) is 10.00 Å². The Morgan fingerprint density at radius 1 is 1.25 bits per heavy atom. The number of hydrogen-bond donors (Lipinski definition) is 2. The molecule has 3 heterocycles. The Bertz CT molecular complexity index is 857. The molecule has 0 spiro atoms. The third-order valence-electron chi connectivity index (χ3n) is 4.45. The topological polar surface area (TPSA) is 60.6 Å². The molecule has 2 N–H and O–H groups in total. The van der Waals surface area contributed by atoms with Gasteiger partial charge in [0.25, 0.3) is 0 Å². The second kappa shape index (κ2) is 5.37. The molecule has 0 saturated carbocycles. The molecular formula is C17H19F2N5. The number of aromatic amines is 2. The van der Waals surface area contributed by atoms with Crippen LogP contribution >= 0.6 is 0 Å². The summed E-state index contributed by atoms with van der Waals surface area (Å²) in [6.07, 6.45) is 2.81. The number of hydrogen-bond acceptors (Lipinski definition) is 3. The van der Waals surface area contributed by atoms with Crippen molar-refractivity contribution < 1.29 is 8.78 Å². The van der Waals surface area contributed by atoms with Crippen LogP contribution in [-0.4, -0.2) is 31.6 Å². The number of H-pyrrole nitrogens is 2. The minimum Gasteiger partial charge on any atom is -0.341 e. The fraction of sp³-hybridized carbons (Fsp3) is 0.412. The van der Waals surface area contributed by atoms with Crippen molar-refractivity contribution in [1.29, 1.82) is 0 Å². The lowest BCUT2D eigenvalue weighted by Gasteiger charge is -2.28. The number of nitrogens with one attached hydrogen (secondary N) is 2. The molecule has 0 amide bonds. The summed E-state index contributed by atoms with van der Waals surface area (Å²) in [5, 5.41) is 7.24. The maximum absolute atomic E-state index is 13.4. The zero-order valence-corrected chi connectivity index (χ0v) is 13.7. The second-order valence-corrected chi connectivity index (χ2v) is 7.33. The number of aromatic nitrogens is 4. The van der Waals surface area contributed by atoms with Crippen molar-refractivity contribution in [1.82, 2.24) is 25.1 Å². The van der Waals surface area contributed by atoms with Crippen LogP contribution in [0.1, 0.15) is 30.9 Å². The zero-order valence-electron chi connectivity index (χ0n) is 13.7. The Balaban J connectivity index is 1.62. The molecule has 1 aliphatic heterocycles. The minimum atomic E-state index is -0.875. The summed E-state index contributed by atoms with van der Waals surface area (Å²) in [7, 11) is 0. The summed E-state index contributed by atoms with van der Waals surface area (Å²) >= 11 is 0. The molecule has 2 aromatic heterocycles. The van der Waals surface area contributed by atoms with Gasteiger partial charge in [-0.1, -0.05) is 13.8 Å². The van der Waals surface area contributed by atoms with Crippen molar-refractivity contribution in [3.05, 3.63) is 47.0 Å². The Morgan fingerprint density at radius 2 is 2.04 bits per heavy atom. The van der Waals surface area contributed by atoms with Crippen LogP contribution in [-0.2, 0) is 19.5 Å². The van der Waals surface area contributed by atoms with Crippen molar-refractivity contribution in [3.8, 4) is 0 Å². The van der Waals surface area contributed by atoms with E-state index in [2.05, 4.69) is 38.9 Å². The Morgan fingerprint density at radius 3 is 2.88 bits per heavy atom. The first kappa shape index (κ1) is 15.3. The normalized spacial score (nSPS) is 17.8. The third-order valence-corrected chi connectivity index (χ3v) is 4.45. The first-order valence-electron chi connectivity index (χ1n) is 7.97. The van der Waals surface area contributed by atoms with Gasteiger partial charge in [-0.2, -0.15) is 5.10 Å². The van der Waals surface area contributed by atoms with Gasteiger partial charge in [-0.25, -0.2) is 13.8 Å². The quantitative estimate of drug-likeness (QED) is 0.758. The van der Waals surface area contributed by atoms with Crippen LogP contribution in [0.2, 0.25) is 0 Å². The molecule has 126 valence electrons. The van der Waals surface area contributed by atoms with Crippen molar-refractivity contribution in [2.45, 2.75) is 33.4 Å². The highest BCUT2D eigenvalue weighted by Gasteiger charge is 2.29. The predicted octanol–water partition coefficient (Wildman–Crippen LogP) is 3.15. The monoisotopic (exact) mass is 331 g/mol. The molecule has 1 aromatic carbocycles. The molecular weight excluding hydrogens is 312 g/mol. The number of rotatable bonds is 2. The van der Waals surface area contributed by atoms with Crippen LogP contribution < -0.4 is 0 Å². The van der Waals surface area contributed by atoms with E-state index in [9.17, 15) is 8.78 Å². The Labute approximate surface area is 138 Å². The van der Waals surface area contributed by atoms with Crippen LogP contribution in [0.4, 0.5) is 8.78 Å². The van der Waals surface area contributed by atoms with Gasteiger partial charge in [0.15, 0.2) is 11.6 Å². The maximum Gasteiger partial charge on any atom is 0.161 e. The van der Waals surface area contributed by atoms with E-state index in [0.29, 0.717) is 23.4 Å². The minimum absolute atomic E-state index is 0.0992. The molecule has 0 fully saturated rings. The highest BCUT2D eigenvalue weighted by atomic mass is 19.2. The summed E-state index contributed by atoms with van der Waals surface area (Å²) in [6, 6.07) is 2.28. The molecule has 4 rings (SSSR count). The van der Waals surface area contributed by atoms with Gasteiger partial charge in [0, 0.05) is 36.5 Å². The summed E-state index contributed by atoms with van der Waals surface area (Å²) < 4.78 is 26.7. The van der Waals surface area contributed by atoms with Crippen LogP contribution in [0.25, 0.3) is 11.0 Å². The van der Waals surface area contributed by atoms with Gasteiger partial charge >= 0.3 is 0 Å². The van der Waals surface area contributed by atoms with Gasteiger partial charge in [-0.05, 0) is 11.8 Å². The second-order valence-electron chi connectivity index (χ2n) is 7.33. The molecule has 0 saturated heterocycles. The maximum atomic E-state index is 13.4. The lowest BCUT2D eigenvalue weighted by Crippen LogP contribution is -2.32. The zero-order chi connectivity index (χ0) is 16.9. The number of halogens is 2. The summed E-state index contributed by atoms with van der Waals surface area (Å²) in [4.78, 5) is 9.78. The van der Waals surface area contributed by atoms with Crippen LogP contribution in [0.5, 0.6) is 0 Å². The van der Waals surface area contributed by atoms with Gasteiger partial charge in [0.2, 0.25) is 0 Å². The van der Waals surface area contributed by atoms with E-state index in [-0.39, 0.29) is 5.41 Å². The Hall–Kier alpha value is -2.28. The average molecular weight is 331 g/mol. The molecule has 24 heavy (non-hydrogen) atoms. The van der Waals surface area contributed by atoms with E-state index in [4.69, 9.17) is 0 Å². The largest absolute Gasteiger partial charge is 0.341 e. The lowest BCUT2D eigenvalue weighted by atomic mass is 9.88. The molecule has 7 heteroatoms. The van der Waals surface area contributed by atoms with Crippen molar-refractivity contribution in [2.75, 3.05) is 6.54 Å². The summed E-state index contributed by atoms with van der Waals surface area (Å²) in [5.74, 6) is -1.03. The molecule has 0 unspecified atom stereocenters. The van der Waals surface area contributed by atoms with Crippen molar-refractivity contribution in [3.63, 3.8) is 0 Å². The average Bonchev–Trinajstić information content (AvgIpc) is 3.02. The summed E-state index contributed by atoms with van der Waals surface area (Å²) in [5.41, 5.74) is 3.43. The third kappa shape index (κ3) is 2.80. The standard InChI is InChI=1S/C17H19F2N5/c1-17(2)5-15-10(6-20-23-15)7-24(9-17)8-16-21-13-3-11(18)12(19)4-14(13)22-16/h3-4,6H,5,7-9H2,1-2H3,(H,20,23)(H,21,22). The number of benzene rings is 1. The van der Waals surface area contributed by atoms with E-state index in [0.717, 1.165) is 31.6 Å². The van der Waals surface area contributed by atoms with Crippen LogP contribution in [0.3, 0.4) is 0 Å². The van der Waals surface area contributed by atoms with Crippen molar-refractivity contribution in [2.24, 2.45) is 5.41 Å². The number of nitrogens with zero attached hydrogens (tertiary/aromatic N) is 3. The fourth-order valence-electron chi connectivity index (χ4n) is 3.52. The highest BCUT2D eigenvalue weighted by molar-refractivity contribution is 5.75. The smallest absolute Gasteiger partial charge is 0.161 e. The molecule has 3 aromatic rings. The van der Waals surface area contributed by atoms with Crippen LogP contribution in [0, 0.1) is 17.0 Å². The molecule has 0 aliphatic carbocycles. The first-order valence-corrected chi connectivity index (χ1v) is 7.97. The number of imidazole rings is 1. The van der Waals surface area contributed by atoms with E-state index in [1.165, 1.54) is 11.3 Å². The Kier molecular flexibility index (Phi) is 3.42. The van der Waals surface area contributed by atoms with Gasteiger partial charge in [0.05, 0.1) is 23.8 Å². The molecule has 0 bridgehead atoms. The van der Waals surface area contributed by atoms with E-state index < -0.39 is 11.6 Å². The molecule has 1 aliphatic rings. The van der Waals surface area contributed by atoms with Crippen molar-refractivity contribution >= 4 is 11.0 Å². The van der Waals surface area contributed by atoms with E-state index in [1.807, 2.05) is 6.20 Å². The first-order chi connectivity index (χ1) is 11.4. The fourth-order valence-corrected chi connectivity index (χ4v) is 3.52. The van der Waals surface area contributed by atoms with Gasteiger partial charge in [0.1, 0.15) is 5.82 Å². The van der Waals surface area contributed by atoms with E-state index >= 15 is 0 Å². The highest BCUT2D eigenvalue weighted by Crippen LogP contribution is 2.29. The molecule has 0 radical (unpaired) electrons. The van der Waals surface area contributed by atoms with E-state index in [1.54, 1.807) is 0 Å². The lowest BCUT2D eigenvalue weighted by molar-refractivity contribution is 0.170. The number of fused-ring (bicyclic) bond motifs is 2. The van der Waals surface area contributed by atoms with Crippen LogP contribution in [0.15, 0.2) is 18.3 Å².